The number of amides is 2. The van der Waals surface area contributed by atoms with Gasteiger partial charge in [-0.1, -0.05) is 26.2 Å². The first-order valence-electron chi connectivity index (χ1n) is 13.9. The van der Waals surface area contributed by atoms with Crippen LogP contribution in [0.2, 0.25) is 0 Å². The topological polar surface area (TPSA) is 74.4 Å². The molecule has 2 fully saturated rings. The van der Waals surface area contributed by atoms with E-state index in [1.54, 1.807) is 4.90 Å². The quantitative estimate of drug-likeness (QED) is 0.270. The van der Waals surface area contributed by atoms with E-state index in [1.807, 2.05) is 72.4 Å². The summed E-state index contributed by atoms with van der Waals surface area (Å²) in [6.07, 6.45) is 6.49. The molecule has 0 saturated carbocycles. The third kappa shape index (κ3) is 7.48. The minimum absolute atomic E-state index is 0.00629. The monoisotopic (exact) mass is 552 g/mol. The first kappa shape index (κ1) is 28.8. The highest BCUT2D eigenvalue weighted by Crippen LogP contribution is 2.30. The fraction of sp³-hybridized carbons (Fsp3) is 0.500. The molecule has 0 bridgehead atoms. The van der Waals surface area contributed by atoms with Crippen molar-refractivity contribution in [3.63, 3.8) is 0 Å². The van der Waals surface area contributed by atoms with Crippen LogP contribution in [0.15, 0.2) is 48.5 Å². The van der Waals surface area contributed by atoms with Crippen LogP contribution in [0.4, 0.5) is 17.1 Å². The van der Waals surface area contributed by atoms with E-state index in [2.05, 4.69) is 12.2 Å². The second-order valence-corrected chi connectivity index (χ2v) is 10.7. The molecule has 0 radical (unpaired) electrons. The normalized spacial score (nSPS) is 19.1. The Morgan fingerprint density at radius 3 is 2.49 bits per heavy atom. The van der Waals surface area contributed by atoms with E-state index in [9.17, 15) is 9.59 Å². The number of ether oxygens (including phenoxy) is 2. The minimum atomic E-state index is -0.694. The fourth-order valence-corrected chi connectivity index (χ4v) is 5.32. The van der Waals surface area contributed by atoms with E-state index < -0.39 is 6.04 Å². The summed E-state index contributed by atoms with van der Waals surface area (Å²) < 4.78 is 11.6. The van der Waals surface area contributed by atoms with Crippen molar-refractivity contribution in [2.24, 2.45) is 0 Å². The summed E-state index contributed by atoms with van der Waals surface area (Å²) in [6.45, 7) is 4.06. The number of nitrogens with zero attached hydrogens (tertiary/aromatic N) is 3. The molecule has 2 amide bonds. The van der Waals surface area contributed by atoms with Gasteiger partial charge in [-0.15, -0.1) is 0 Å². The molecule has 2 aliphatic heterocycles. The Kier molecular flexibility index (Phi) is 10.2. The Labute approximate surface area is 237 Å². The van der Waals surface area contributed by atoms with Crippen molar-refractivity contribution in [3.05, 3.63) is 48.5 Å². The summed E-state index contributed by atoms with van der Waals surface area (Å²) in [4.78, 5) is 32.2. The molecule has 210 valence electrons. The highest BCUT2D eigenvalue weighted by Gasteiger charge is 2.45. The molecule has 4 rings (SSSR count). The summed E-state index contributed by atoms with van der Waals surface area (Å²) in [5, 5.41) is 3.34. The predicted octanol–water partition coefficient (Wildman–Crippen LogP) is 5.22. The summed E-state index contributed by atoms with van der Waals surface area (Å²) in [6, 6.07) is 14.3. The van der Waals surface area contributed by atoms with Crippen molar-refractivity contribution < 1.29 is 19.1 Å². The average molecular weight is 553 g/mol. The van der Waals surface area contributed by atoms with Crippen molar-refractivity contribution in [1.82, 2.24) is 4.90 Å². The lowest BCUT2D eigenvalue weighted by Crippen LogP contribution is -2.42. The lowest BCUT2D eigenvalue weighted by Gasteiger charge is -2.26. The van der Waals surface area contributed by atoms with Crippen molar-refractivity contribution in [2.75, 3.05) is 49.0 Å². The van der Waals surface area contributed by atoms with Gasteiger partial charge in [0.25, 0.3) is 5.91 Å². The van der Waals surface area contributed by atoms with E-state index in [0.717, 1.165) is 37.1 Å². The third-order valence-corrected chi connectivity index (χ3v) is 7.57. The Morgan fingerprint density at radius 2 is 1.85 bits per heavy atom. The Hall–Kier alpha value is -3.17. The molecule has 0 aliphatic carbocycles. The van der Waals surface area contributed by atoms with Crippen LogP contribution in [0.1, 0.15) is 51.9 Å². The number of carbonyl (C=O) groups excluding carboxylic acids is 2. The second-order valence-electron chi connectivity index (χ2n) is 10.4. The van der Waals surface area contributed by atoms with Crippen LogP contribution in [-0.4, -0.2) is 67.8 Å². The van der Waals surface area contributed by atoms with Gasteiger partial charge in [0.1, 0.15) is 11.8 Å². The average Bonchev–Trinajstić information content (AvgIpc) is 3.52. The molecule has 2 aromatic carbocycles. The SMILES string of the molecule is CCCCCCOc1ccc(NC(=O)CC2C(=O)N(c3ccc(N(C)C)cc3)C(=S)N2CC2CCCO2)cc1. The number of unbranched alkanes of at least 4 members (excludes halogenated alkanes) is 3. The number of anilines is 3. The molecule has 9 heteroatoms. The molecule has 2 unspecified atom stereocenters. The smallest absolute Gasteiger partial charge is 0.256 e. The molecule has 2 aromatic rings. The maximum atomic E-state index is 13.7. The van der Waals surface area contributed by atoms with Crippen LogP contribution in [-0.2, 0) is 14.3 Å². The number of thiocarbonyl (C=S) groups is 1. The van der Waals surface area contributed by atoms with Crippen LogP contribution < -0.4 is 19.9 Å². The zero-order valence-corrected chi connectivity index (χ0v) is 24.0. The number of nitrogens with one attached hydrogen (secondary N) is 1. The van der Waals surface area contributed by atoms with Crippen molar-refractivity contribution in [3.8, 4) is 5.75 Å². The number of carbonyl (C=O) groups is 2. The zero-order valence-electron chi connectivity index (χ0n) is 23.2. The van der Waals surface area contributed by atoms with Crippen molar-refractivity contribution >= 4 is 46.2 Å². The van der Waals surface area contributed by atoms with Gasteiger partial charge in [0.2, 0.25) is 5.91 Å². The largest absolute Gasteiger partial charge is 0.494 e. The molecule has 0 spiro atoms. The lowest BCUT2D eigenvalue weighted by atomic mass is 10.1. The van der Waals surface area contributed by atoms with Gasteiger partial charge in [-0.05, 0) is 80.0 Å². The highest BCUT2D eigenvalue weighted by molar-refractivity contribution is 7.80. The number of hydrogen-bond acceptors (Lipinski definition) is 6. The molecule has 2 saturated heterocycles. The third-order valence-electron chi connectivity index (χ3n) is 7.15. The van der Waals surface area contributed by atoms with E-state index in [1.165, 1.54) is 12.8 Å². The molecule has 2 heterocycles. The maximum absolute atomic E-state index is 13.7. The molecule has 1 N–H and O–H groups in total. The summed E-state index contributed by atoms with van der Waals surface area (Å²) >= 11 is 5.79. The van der Waals surface area contributed by atoms with Crippen LogP contribution in [0.5, 0.6) is 5.75 Å². The van der Waals surface area contributed by atoms with Crippen molar-refractivity contribution in [1.29, 1.82) is 0 Å². The molecule has 8 nitrogen and oxygen atoms in total. The van der Waals surface area contributed by atoms with Gasteiger partial charge in [0.15, 0.2) is 5.11 Å². The number of benzene rings is 2. The number of rotatable bonds is 13. The maximum Gasteiger partial charge on any atom is 0.256 e. The summed E-state index contributed by atoms with van der Waals surface area (Å²) in [7, 11) is 3.93. The van der Waals surface area contributed by atoms with Crippen LogP contribution in [0.25, 0.3) is 0 Å². The molecule has 39 heavy (non-hydrogen) atoms. The summed E-state index contributed by atoms with van der Waals surface area (Å²) in [5.41, 5.74) is 2.38. The van der Waals surface area contributed by atoms with E-state index in [4.69, 9.17) is 21.7 Å². The fourth-order valence-electron chi connectivity index (χ4n) is 4.93. The van der Waals surface area contributed by atoms with E-state index in [0.29, 0.717) is 36.2 Å². The van der Waals surface area contributed by atoms with Gasteiger partial charge in [-0.25, -0.2) is 0 Å². The van der Waals surface area contributed by atoms with Crippen molar-refractivity contribution in [2.45, 2.75) is 64.0 Å². The molecular formula is C30H40N4O4S. The van der Waals surface area contributed by atoms with Gasteiger partial charge in [-0.3, -0.25) is 14.5 Å². The van der Waals surface area contributed by atoms with Gasteiger partial charge < -0.3 is 24.6 Å². The Bertz CT molecular complexity index is 1120. The van der Waals surface area contributed by atoms with Gasteiger partial charge in [-0.2, -0.15) is 0 Å². The summed E-state index contributed by atoms with van der Waals surface area (Å²) in [5.74, 6) is 0.337. The molecular weight excluding hydrogens is 512 g/mol. The minimum Gasteiger partial charge on any atom is -0.494 e. The molecule has 2 aliphatic rings. The first-order valence-corrected chi connectivity index (χ1v) is 14.3. The van der Waals surface area contributed by atoms with Gasteiger partial charge >= 0.3 is 0 Å². The predicted molar refractivity (Wildman–Crippen MR) is 160 cm³/mol. The zero-order chi connectivity index (χ0) is 27.8. The van der Waals surface area contributed by atoms with Gasteiger partial charge in [0, 0.05) is 38.6 Å². The highest BCUT2D eigenvalue weighted by atomic mass is 32.1. The Balaban J connectivity index is 1.41. The van der Waals surface area contributed by atoms with Crippen LogP contribution >= 0.6 is 12.2 Å². The number of hydrogen-bond donors (Lipinski definition) is 1. The first-order chi connectivity index (χ1) is 18.9. The second kappa shape index (κ2) is 13.8. The Morgan fingerprint density at radius 1 is 1.10 bits per heavy atom. The van der Waals surface area contributed by atoms with E-state index in [-0.39, 0.29) is 24.3 Å². The van der Waals surface area contributed by atoms with Crippen LogP contribution in [0, 0.1) is 0 Å². The van der Waals surface area contributed by atoms with Gasteiger partial charge in [0.05, 0.1) is 24.8 Å². The standard InChI is InChI=1S/C30H40N4O4S/c1-4-5-6-7-18-37-25-16-10-22(11-17-25)31-28(35)20-27-29(36)34(24-14-12-23(13-15-24)32(2)3)30(39)33(27)21-26-9-8-19-38-26/h10-17,26-27H,4-9,18-21H2,1-3H3,(H,31,35). The molecule has 2 atom stereocenters. The molecule has 0 aromatic heterocycles. The van der Waals surface area contributed by atoms with E-state index >= 15 is 0 Å². The lowest BCUT2D eigenvalue weighted by molar-refractivity contribution is -0.124. The van der Waals surface area contributed by atoms with Crippen LogP contribution in [0.3, 0.4) is 0 Å².